The third-order valence-corrected chi connectivity index (χ3v) is 6.72. The van der Waals surface area contributed by atoms with Crippen molar-refractivity contribution in [1.29, 1.82) is 5.26 Å². The number of hydrogen-bond donors (Lipinski definition) is 1. The first-order valence-electron chi connectivity index (χ1n) is 12.0. The summed E-state index contributed by atoms with van der Waals surface area (Å²) in [6, 6.07) is 12.1. The van der Waals surface area contributed by atoms with Gasteiger partial charge in [-0.1, -0.05) is 23.3 Å². The number of pyridine rings is 2. The van der Waals surface area contributed by atoms with Gasteiger partial charge in [0.15, 0.2) is 11.2 Å². The second-order valence-electron chi connectivity index (χ2n) is 8.75. The first kappa shape index (κ1) is 25.2. The molecule has 0 bridgehead atoms. The van der Waals surface area contributed by atoms with Gasteiger partial charge in [-0.2, -0.15) is 13.7 Å². The molecule has 0 aliphatic carbocycles. The Labute approximate surface area is 217 Å². The maximum absolute atomic E-state index is 13.8. The van der Waals surface area contributed by atoms with Gasteiger partial charge in [0, 0.05) is 34.8 Å². The number of nitriles is 1. The molecular formula is C27H23FN4O5S. The zero-order chi connectivity index (χ0) is 27.0. The Morgan fingerprint density at radius 3 is 2.66 bits per heavy atom. The maximum Gasteiger partial charge on any atom is 0.488 e. The lowest BCUT2D eigenvalue weighted by molar-refractivity contribution is 0.311. The van der Waals surface area contributed by atoms with E-state index >= 15 is 0 Å². The van der Waals surface area contributed by atoms with Crippen LogP contribution in [0, 0.1) is 11.3 Å². The Balaban J connectivity index is 1.82. The molecule has 2 aromatic carbocycles. The second kappa shape index (κ2) is 9.79. The highest BCUT2D eigenvalue weighted by Crippen LogP contribution is 2.37. The summed E-state index contributed by atoms with van der Waals surface area (Å²) in [5.41, 5.74) is 3.13. The minimum Gasteiger partial charge on any atom is -0.493 e. The zero-order valence-electron chi connectivity index (χ0n) is 20.6. The number of unbranched alkanes of at least 4 members (excludes halogenated alkanes) is 1. The molecule has 3 aromatic heterocycles. The van der Waals surface area contributed by atoms with Gasteiger partial charge in [0.2, 0.25) is 0 Å². The fraction of sp³-hybridized carbons (Fsp3) is 0.222. The molecule has 194 valence electrons. The van der Waals surface area contributed by atoms with E-state index in [1.165, 1.54) is 12.3 Å². The Kier molecular flexibility index (Phi) is 6.50. The van der Waals surface area contributed by atoms with E-state index in [1.54, 1.807) is 30.3 Å². The molecule has 0 spiro atoms. The molecule has 0 fully saturated rings. The van der Waals surface area contributed by atoms with Crippen LogP contribution < -0.4 is 14.3 Å². The topological polar surface area (TPSA) is 127 Å². The van der Waals surface area contributed by atoms with Gasteiger partial charge in [0.25, 0.3) is 0 Å². The summed E-state index contributed by atoms with van der Waals surface area (Å²) in [5.74, 6) is 0.107. The van der Waals surface area contributed by atoms with Crippen molar-refractivity contribution in [3.63, 3.8) is 0 Å². The van der Waals surface area contributed by atoms with Gasteiger partial charge < -0.3 is 18.5 Å². The van der Waals surface area contributed by atoms with Gasteiger partial charge in [0.1, 0.15) is 11.4 Å². The fourth-order valence-corrected chi connectivity index (χ4v) is 4.96. The zero-order valence-corrected chi connectivity index (χ0v) is 21.4. The van der Waals surface area contributed by atoms with Crippen LogP contribution in [0.2, 0.25) is 0 Å². The quantitative estimate of drug-likeness (QED) is 0.210. The fourth-order valence-electron chi connectivity index (χ4n) is 4.64. The molecule has 1 N–H and O–H groups in total. The Hall–Kier alpha value is -4.43. The number of nitrogens with one attached hydrogen (secondary N) is 1. The van der Waals surface area contributed by atoms with Crippen molar-refractivity contribution in [2.75, 3.05) is 6.61 Å². The molecule has 0 aliphatic rings. The molecule has 0 saturated heterocycles. The van der Waals surface area contributed by atoms with Crippen LogP contribution >= 0.6 is 0 Å². The van der Waals surface area contributed by atoms with Crippen molar-refractivity contribution in [3.8, 4) is 28.7 Å². The van der Waals surface area contributed by atoms with E-state index < -0.39 is 10.5 Å². The van der Waals surface area contributed by atoms with Crippen LogP contribution in [0.1, 0.15) is 32.3 Å². The van der Waals surface area contributed by atoms with Crippen molar-refractivity contribution in [2.24, 2.45) is 0 Å². The Morgan fingerprint density at radius 2 is 1.95 bits per heavy atom. The van der Waals surface area contributed by atoms with E-state index in [0.717, 1.165) is 19.0 Å². The Morgan fingerprint density at radius 1 is 1.13 bits per heavy atom. The lowest BCUT2D eigenvalue weighted by Gasteiger charge is -2.17. The largest absolute Gasteiger partial charge is 0.493 e. The molecule has 0 amide bonds. The summed E-state index contributed by atoms with van der Waals surface area (Å²) < 4.78 is 47.6. The van der Waals surface area contributed by atoms with E-state index in [1.807, 2.05) is 18.4 Å². The predicted octanol–water partition coefficient (Wildman–Crippen LogP) is 5.36. The molecule has 0 saturated carbocycles. The number of halogens is 1. The number of fused-ring (bicyclic) bond motifs is 4. The molecule has 38 heavy (non-hydrogen) atoms. The number of benzene rings is 2. The van der Waals surface area contributed by atoms with Crippen LogP contribution in [-0.2, 0) is 17.0 Å². The van der Waals surface area contributed by atoms with Gasteiger partial charge in [-0.15, -0.1) is 0 Å². The smallest absolute Gasteiger partial charge is 0.488 e. The number of H-pyrrole nitrogens is 1. The van der Waals surface area contributed by atoms with E-state index in [0.29, 0.717) is 68.4 Å². The van der Waals surface area contributed by atoms with Crippen molar-refractivity contribution in [3.05, 3.63) is 64.6 Å². The SMILES string of the molecule is CCCCOc1cc2c(=O)c3c4ccc(C#N)cc4[nH]c3n(CC)c2cc1-c1cncc(OS(=O)(=O)F)c1. The Bertz CT molecular complexity index is 1920. The first-order chi connectivity index (χ1) is 18.2. The van der Waals surface area contributed by atoms with Crippen molar-refractivity contribution < 1.29 is 21.2 Å². The third kappa shape index (κ3) is 4.54. The van der Waals surface area contributed by atoms with E-state index in [4.69, 9.17) is 4.74 Å². The number of aryl methyl sites for hydroxylation is 1. The number of rotatable bonds is 8. The summed E-state index contributed by atoms with van der Waals surface area (Å²) in [5, 5.41) is 11.0. The van der Waals surface area contributed by atoms with Crippen molar-refractivity contribution >= 4 is 43.3 Å². The molecule has 0 unspecified atom stereocenters. The van der Waals surface area contributed by atoms with Crippen LogP contribution in [0.15, 0.2) is 53.6 Å². The van der Waals surface area contributed by atoms with E-state index in [2.05, 4.69) is 20.2 Å². The number of nitrogens with zero attached hydrogens (tertiary/aromatic N) is 3. The van der Waals surface area contributed by atoms with E-state index in [-0.39, 0.29) is 11.2 Å². The number of hydrogen-bond acceptors (Lipinski definition) is 7. The molecule has 3 heterocycles. The monoisotopic (exact) mass is 534 g/mol. The van der Waals surface area contributed by atoms with Gasteiger partial charge in [0.05, 0.1) is 40.7 Å². The highest BCUT2D eigenvalue weighted by atomic mass is 32.3. The highest BCUT2D eigenvalue weighted by Gasteiger charge is 2.20. The van der Waals surface area contributed by atoms with E-state index in [9.17, 15) is 22.4 Å². The van der Waals surface area contributed by atoms with Gasteiger partial charge >= 0.3 is 10.5 Å². The van der Waals surface area contributed by atoms with Crippen LogP contribution in [0.4, 0.5) is 3.89 Å². The molecule has 0 aliphatic heterocycles. The van der Waals surface area contributed by atoms with Gasteiger partial charge in [-0.25, -0.2) is 0 Å². The van der Waals surface area contributed by atoms with Gasteiger partial charge in [-0.3, -0.25) is 9.78 Å². The molecular weight excluding hydrogens is 511 g/mol. The molecule has 5 rings (SSSR count). The standard InChI is InChI=1S/C27H23FN4O5S/c1-3-5-8-36-24-12-21-23(11-20(24)17-10-18(15-30-14-17)37-38(28,34)35)32(4-2)27-25(26(21)33)19-7-6-16(13-29)9-22(19)31-27/h6-7,9-12,14-15,31H,3-5,8H2,1-2H3. The molecule has 0 atom stereocenters. The number of aromatic amines is 1. The molecule has 11 heteroatoms. The predicted molar refractivity (Wildman–Crippen MR) is 142 cm³/mol. The van der Waals surface area contributed by atoms with Crippen LogP contribution in [0.3, 0.4) is 0 Å². The average Bonchev–Trinajstić information content (AvgIpc) is 3.27. The van der Waals surface area contributed by atoms with Crippen molar-refractivity contribution in [2.45, 2.75) is 33.2 Å². The average molecular weight is 535 g/mol. The third-order valence-electron chi connectivity index (χ3n) is 6.33. The maximum atomic E-state index is 13.8. The minimum absolute atomic E-state index is 0.193. The summed E-state index contributed by atoms with van der Waals surface area (Å²) in [7, 11) is -5.24. The molecule has 0 radical (unpaired) electrons. The van der Waals surface area contributed by atoms with Crippen LogP contribution in [-0.4, -0.2) is 29.6 Å². The van der Waals surface area contributed by atoms with Gasteiger partial charge in [-0.05, 0) is 43.7 Å². The summed E-state index contributed by atoms with van der Waals surface area (Å²) >= 11 is 0. The summed E-state index contributed by atoms with van der Waals surface area (Å²) in [6.45, 7) is 4.88. The van der Waals surface area contributed by atoms with Crippen LogP contribution in [0.5, 0.6) is 11.5 Å². The normalized spacial score (nSPS) is 11.7. The lowest BCUT2D eigenvalue weighted by atomic mass is 10.0. The van der Waals surface area contributed by atoms with Crippen molar-refractivity contribution in [1.82, 2.24) is 14.5 Å². The second-order valence-corrected chi connectivity index (χ2v) is 9.70. The van der Waals surface area contributed by atoms with Crippen LogP contribution in [0.25, 0.3) is 44.0 Å². The number of ether oxygens (including phenoxy) is 1. The minimum atomic E-state index is -5.24. The summed E-state index contributed by atoms with van der Waals surface area (Å²) in [4.78, 5) is 21.1. The molecule has 9 nitrogen and oxygen atoms in total. The number of aromatic nitrogens is 3. The lowest BCUT2D eigenvalue weighted by Crippen LogP contribution is -2.11. The first-order valence-corrected chi connectivity index (χ1v) is 13.3. The highest BCUT2D eigenvalue weighted by molar-refractivity contribution is 7.81. The summed E-state index contributed by atoms with van der Waals surface area (Å²) in [6.07, 6.45) is 4.24. The molecule has 5 aromatic rings.